The van der Waals surface area contributed by atoms with Crippen molar-refractivity contribution in [3.8, 4) is 0 Å². The van der Waals surface area contributed by atoms with Gasteiger partial charge in [0.25, 0.3) is 0 Å². The normalized spacial score (nSPS) is 29.2. The molecule has 0 unspecified atom stereocenters. The molecule has 1 aliphatic heterocycles. The summed E-state index contributed by atoms with van der Waals surface area (Å²) in [5, 5.41) is 12.0. The molecular formula is C10H19NO2. The first-order valence-electron chi connectivity index (χ1n) is 5.11. The Morgan fingerprint density at radius 2 is 2.23 bits per heavy atom. The van der Waals surface area contributed by atoms with Crippen LogP contribution in [0.2, 0.25) is 0 Å². The lowest BCUT2D eigenvalue weighted by Gasteiger charge is -2.27. The highest BCUT2D eigenvalue weighted by Crippen LogP contribution is 2.13. The van der Waals surface area contributed by atoms with E-state index in [1.54, 1.807) is 0 Å². The van der Waals surface area contributed by atoms with Crippen molar-refractivity contribution in [3.63, 3.8) is 0 Å². The van der Waals surface area contributed by atoms with Crippen LogP contribution in [-0.4, -0.2) is 29.6 Å². The first-order valence-corrected chi connectivity index (χ1v) is 5.11. The van der Waals surface area contributed by atoms with Gasteiger partial charge < -0.3 is 10.4 Å². The Balaban J connectivity index is 2.21. The fourth-order valence-electron chi connectivity index (χ4n) is 1.91. The summed E-state index contributed by atoms with van der Waals surface area (Å²) in [7, 11) is 0. The van der Waals surface area contributed by atoms with E-state index >= 15 is 0 Å². The second kappa shape index (κ2) is 5.35. The van der Waals surface area contributed by atoms with E-state index in [0.29, 0.717) is 30.7 Å². The van der Waals surface area contributed by atoms with Crippen molar-refractivity contribution in [2.24, 2.45) is 0 Å². The molecule has 3 heteroatoms. The predicted octanol–water partition coefficient (Wildman–Crippen LogP) is 0.859. The van der Waals surface area contributed by atoms with E-state index in [0.717, 1.165) is 19.3 Å². The maximum Gasteiger partial charge on any atom is 0.136 e. The molecule has 1 fully saturated rings. The van der Waals surface area contributed by atoms with Gasteiger partial charge >= 0.3 is 0 Å². The molecule has 1 aliphatic rings. The van der Waals surface area contributed by atoms with Gasteiger partial charge in [-0.3, -0.25) is 4.79 Å². The first-order chi connectivity index (χ1) is 6.22. The topological polar surface area (TPSA) is 49.3 Å². The minimum atomic E-state index is 0.260. The monoisotopic (exact) mass is 185 g/mol. The van der Waals surface area contributed by atoms with E-state index in [1.165, 1.54) is 0 Å². The van der Waals surface area contributed by atoms with E-state index in [4.69, 9.17) is 5.11 Å². The minimum absolute atomic E-state index is 0.260. The Morgan fingerprint density at radius 1 is 1.46 bits per heavy atom. The zero-order chi connectivity index (χ0) is 9.68. The standard InChI is InChI=1S/C10H19NO2/c1-8-6-10(13)7-9(11-8)4-2-3-5-12/h8-9,11-12H,2-7H2,1H3/t8-,9-/m0/s1. The van der Waals surface area contributed by atoms with Gasteiger partial charge in [0.15, 0.2) is 0 Å². The third kappa shape index (κ3) is 3.87. The molecule has 1 saturated heterocycles. The molecule has 0 aromatic carbocycles. The number of aliphatic hydroxyl groups is 1. The van der Waals surface area contributed by atoms with Gasteiger partial charge in [-0.1, -0.05) is 0 Å². The Labute approximate surface area is 79.5 Å². The highest BCUT2D eigenvalue weighted by atomic mass is 16.2. The van der Waals surface area contributed by atoms with Gasteiger partial charge in [-0.25, -0.2) is 0 Å². The summed E-state index contributed by atoms with van der Waals surface area (Å²) in [6, 6.07) is 0.683. The summed E-state index contributed by atoms with van der Waals surface area (Å²) in [5.41, 5.74) is 0. The summed E-state index contributed by atoms with van der Waals surface area (Å²) < 4.78 is 0. The fraction of sp³-hybridized carbons (Fsp3) is 0.900. The summed E-state index contributed by atoms with van der Waals surface area (Å²) >= 11 is 0. The average molecular weight is 185 g/mol. The molecule has 0 aromatic rings. The number of hydrogen-bond donors (Lipinski definition) is 2. The largest absolute Gasteiger partial charge is 0.396 e. The van der Waals surface area contributed by atoms with Gasteiger partial charge in [0, 0.05) is 31.5 Å². The zero-order valence-electron chi connectivity index (χ0n) is 8.25. The lowest BCUT2D eigenvalue weighted by molar-refractivity contribution is -0.121. The summed E-state index contributed by atoms with van der Waals surface area (Å²) in [6.07, 6.45) is 4.22. The SMILES string of the molecule is C[C@H]1CC(=O)C[C@H](CCCCO)N1. The summed E-state index contributed by atoms with van der Waals surface area (Å²) in [6.45, 7) is 2.31. The van der Waals surface area contributed by atoms with Crippen LogP contribution in [0.5, 0.6) is 0 Å². The van der Waals surface area contributed by atoms with Crippen LogP contribution in [0.25, 0.3) is 0 Å². The fourth-order valence-corrected chi connectivity index (χ4v) is 1.91. The van der Waals surface area contributed by atoms with E-state index in [1.807, 2.05) is 0 Å². The van der Waals surface area contributed by atoms with Crippen LogP contribution in [0.3, 0.4) is 0 Å². The van der Waals surface area contributed by atoms with Gasteiger partial charge in [-0.15, -0.1) is 0 Å². The quantitative estimate of drug-likeness (QED) is 0.639. The van der Waals surface area contributed by atoms with Crippen molar-refractivity contribution in [2.45, 2.75) is 51.1 Å². The number of unbranched alkanes of at least 4 members (excludes halogenated alkanes) is 1. The van der Waals surface area contributed by atoms with Crippen LogP contribution in [0.15, 0.2) is 0 Å². The molecule has 2 N–H and O–H groups in total. The number of Topliss-reactive ketones (excluding diaryl/α,β-unsaturated/α-hetero) is 1. The molecule has 0 saturated carbocycles. The molecule has 0 bridgehead atoms. The molecule has 0 amide bonds. The second-order valence-electron chi connectivity index (χ2n) is 3.93. The number of hydrogen-bond acceptors (Lipinski definition) is 3. The molecule has 0 aromatic heterocycles. The summed E-state index contributed by atoms with van der Waals surface area (Å²) in [5.74, 6) is 0.375. The number of carbonyl (C=O) groups excluding carboxylic acids is 1. The van der Waals surface area contributed by atoms with Crippen LogP contribution in [0.4, 0.5) is 0 Å². The highest BCUT2D eigenvalue weighted by molar-refractivity contribution is 5.80. The van der Waals surface area contributed by atoms with Crippen LogP contribution in [0, 0.1) is 0 Å². The van der Waals surface area contributed by atoms with E-state index in [9.17, 15) is 4.79 Å². The Hall–Kier alpha value is -0.410. The number of nitrogens with one attached hydrogen (secondary N) is 1. The number of ketones is 1. The maximum absolute atomic E-state index is 11.2. The van der Waals surface area contributed by atoms with Gasteiger partial charge in [-0.05, 0) is 26.2 Å². The predicted molar refractivity (Wildman–Crippen MR) is 51.6 cm³/mol. The Morgan fingerprint density at radius 3 is 2.85 bits per heavy atom. The Bertz CT molecular complexity index is 170. The number of rotatable bonds is 4. The molecular weight excluding hydrogens is 166 g/mol. The molecule has 0 aliphatic carbocycles. The van der Waals surface area contributed by atoms with E-state index in [-0.39, 0.29) is 6.61 Å². The molecule has 1 heterocycles. The van der Waals surface area contributed by atoms with Gasteiger partial charge in [0.1, 0.15) is 5.78 Å². The third-order valence-electron chi connectivity index (χ3n) is 2.49. The highest BCUT2D eigenvalue weighted by Gasteiger charge is 2.22. The van der Waals surface area contributed by atoms with Crippen LogP contribution in [0.1, 0.15) is 39.0 Å². The van der Waals surface area contributed by atoms with Crippen molar-refractivity contribution < 1.29 is 9.90 Å². The molecule has 3 nitrogen and oxygen atoms in total. The third-order valence-corrected chi connectivity index (χ3v) is 2.49. The first kappa shape index (κ1) is 10.7. The molecule has 2 atom stereocenters. The van der Waals surface area contributed by atoms with E-state index in [2.05, 4.69) is 12.2 Å². The van der Waals surface area contributed by atoms with Crippen molar-refractivity contribution in [3.05, 3.63) is 0 Å². The van der Waals surface area contributed by atoms with E-state index < -0.39 is 0 Å². The molecule has 1 rings (SSSR count). The zero-order valence-corrected chi connectivity index (χ0v) is 8.25. The van der Waals surface area contributed by atoms with Crippen LogP contribution < -0.4 is 5.32 Å². The molecule has 13 heavy (non-hydrogen) atoms. The average Bonchev–Trinajstić information content (AvgIpc) is 2.03. The van der Waals surface area contributed by atoms with Crippen molar-refractivity contribution >= 4 is 5.78 Å². The number of carbonyl (C=O) groups is 1. The molecule has 0 spiro atoms. The van der Waals surface area contributed by atoms with Crippen molar-refractivity contribution in [1.29, 1.82) is 0 Å². The van der Waals surface area contributed by atoms with Gasteiger partial charge in [0.2, 0.25) is 0 Å². The molecule has 0 radical (unpaired) electrons. The smallest absolute Gasteiger partial charge is 0.136 e. The van der Waals surface area contributed by atoms with Gasteiger partial charge in [0.05, 0.1) is 0 Å². The van der Waals surface area contributed by atoms with Crippen LogP contribution in [-0.2, 0) is 4.79 Å². The minimum Gasteiger partial charge on any atom is -0.396 e. The second-order valence-corrected chi connectivity index (χ2v) is 3.93. The van der Waals surface area contributed by atoms with Crippen molar-refractivity contribution in [1.82, 2.24) is 5.32 Å². The van der Waals surface area contributed by atoms with Crippen molar-refractivity contribution in [2.75, 3.05) is 6.61 Å². The lowest BCUT2D eigenvalue weighted by Crippen LogP contribution is -2.44. The van der Waals surface area contributed by atoms with Crippen LogP contribution >= 0.6 is 0 Å². The number of piperidine rings is 1. The molecule has 76 valence electrons. The number of aliphatic hydroxyl groups excluding tert-OH is 1. The summed E-state index contributed by atoms with van der Waals surface area (Å²) in [4.78, 5) is 11.2. The lowest BCUT2D eigenvalue weighted by atomic mass is 9.95. The Kier molecular flexibility index (Phi) is 4.39. The maximum atomic E-state index is 11.2. The van der Waals surface area contributed by atoms with Gasteiger partial charge in [-0.2, -0.15) is 0 Å².